The van der Waals surface area contributed by atoms with Crippen molar-refractivity contribution in [2.24, 2.45) is 0 Å². The van der Waals surface area contributed by atoms with Gasteiger partial charge in [-0.05, 0) is 12.5 Å². The van der Waals surface area contributed by atoms with Gasteiger partial charge in [0.2, 0.25) is 0 Å². The Balaban J connectivity index is 2.41. The third kappa shape index (κ3) is 1.75. The zero-order valence-corrected chi connectivity index (χ0v) is 7.64. The fraction of sp³-hybridized carbons (Fsp3) is 0. The van der Waals surface area contributed by atoms with Gasteiger partial charge in [-0.25, -0.2) is 4.98 Å². The van der Waals surface area contributed by atoms with Crippen LogP contribution in [0.5, 0.6) is 0 Å². The van der Waals surface area contributed by atoms with E-state index in [1.54, 1.807) is 0 Å². The van der Waals surface area contributed by atoms with Crippen LogP contribution in [0.15, 0.2) is 30.5 Å². The molecule has 0 spiro atoms. The monoisotopic (exact) mass is 192 g/mol. The second-order valence-corrected chi connectivity index (χ2v) is 3.65. The number of benzene rings is 1. The van der Waals surface area contributed by atoms with E-state index in [4.69, 9.17) is 0 Å². The van der Waals surface area contributed by atoms with E-state index in [1.807, 2.05) is 24.3 Å². The maximum absolute atomic E-state index is 12.6. The first-order valence-corrected chi connectivity index (χ1v) is 4.61. The van der Waals surface area contributed by atoms with E-state index in [0.717, 1.165) is 22.5 Å². The molecule has 1 aromatic carbocycles. The second-order valence-electron chi connectivity index (χ2n) is 2.67. The number of rotatable bonds is 1. The summed E-state index contributed by atoms with van der Waals surface area (Å²) in [7, 11) is 0. The lowest BCUT2D eigenvalue weighted by Crippen LogP contribution is -1.75. The molecule has 0 saturated carbocycles. The van der Waals surface area contributed by atoms with Crippen LogP contribution >= 0.6 is 11.3 Å². The Bertz CT molecular complexity index is 405. The lowest BCUT2D eigenvalue weighted by molar-refractivity contribution is 0.653. The summed E-state index contributed by atoms with van der Waals surface area (Å²) in [4.78, 5) is 3.94. The van der Waals surface area contributed by atoms with Crippen LogP contribution in [0.25, 0.3) is 10.6 Å². The Hall–Kier alpha value is -1.22. The van der Waals surface area contributed by atoms with Gasteiger partial charge < -0.3 is 0 Å². The molecule has 13 heavy (non-hydrogen) atoms. The molecule has 2 aromatic rings. The van der Waals surface area contributed by atoms with Crippen LogP contribution in [-0.2, 0) is 0 Å². The van der Waals surface area contributed by atoms with Crippen LogP contribution in [-0.4, -0.2) is 4.98 Å². The number of thiazole rings is 1. The molecule has 0 unspecified atom stereocenters. The van der Waals surface area contributed by atoms with Gasteiger partial charge in [0, 0.05) is 5.56 Å². The molecule has 0 fully saturated rings. The fourth-order valence-corrected chi connectivity index (χ4v) is 1.68. The van der Waals surface area contributed by atoms with Crippen molar-refractivity contribution in [1.82, 2.24) is 4.98 Å². The van der Waals surface area contributed by atoms with E-state index < -0.39 is 0 Å². The molecule has 0 N–H and O–H groups in total. The van der Waals surface area contributed by atoms with Gasteiger partial charge in [-0.2, -0.15) is 4.39 Å². The first-order chi connectivity index (χ1) is 6.25. The predicted molar refractivity (Wildman–Crippen MR) is 52.0 cm³/mol. The maximum atomic E-state index is 12.6. The molecule has 0 bridgehead atoms. The molecule has 65 valence electrons. The standard InChI is InChI=1S/C10H7FNS/c1-7-2-4-8(5-3-7)10-12-6-9(11)13-10/h2-6H,1H2. The highest BCUT2D eigenvalue weighted by Crippen LogP contribution is 2.23. The summed E-state index contributed by atoms with van der Waals surface area (Å²) >= 11 is 1.05. The smallest absolute Gasteiger partial charge is 0.196 e. The molecule has 1 heterocycles. The van der Waals surface area contributed by atoms with Crippen molar-refractivity contribution in [3.8, 4) is 10.6 Å². The van der Waals surface area contributed by atoms with Gasteiger partial charge in [-0.3, -0.25) is 0 Å². The van der Waals surface area contributed by atoms with E-state index in [9.17, 15) is 4.39 Å². The minimum Gasteiger partial charge on any atom is -0.241 e. The summed E-state index contributed by atoms with van der Waals surface area (Å²) in [6.45, 7) is 3.77. The van der Waals surface area contributed by atoms with Gasteiger partial charge in [0.1, 0.15) is 5.01 Å². The summed E-state index contributed by atoms with van der Waals surface area (Å²) in [5, 5.41) is 0.450. The van der Waals surface area contributed by atoms with Gasteiger partial charge in [-0.1, -0.05) is 35.6 Å². The van der Waals surface area contributed by atoms with Crippen LogP contribution < -0.4 is 0 Å². The van der Waals surface area contributed by atoms with Crippen LogP contribution in [0.4, 0.5) is 4.39 Å². The van der Waals surface area contributed by atoms with Gasteiger partial charge >= 0.3 is 0 Å². The van der Waals surface area contributed by atoms with Gasteiger partial charge in [0.25, 0.3) is 0 Å². The quantitative estimate of drug-likeness (QED) is 0.676. The first-order valence-electron chi connectivity index (χ1n) is 3.79. The van der Waals surface area contributed by atoms with E-state index in [2.05, 4.69) is 11.9 Å². The minimum atomic E-state index is -0.256. The lowest BCUT2D eigenvalue weighted by Gasteiger charge is -1.95. The number of halogens is 1. The fourth-order valence-electron chi connectivity index (χ4n) is 1.04. The zero-order valence-electron chi connectivity index (χ0n) is 6.83. The average molecular weight is 192 g/mol. The highest BCUT2D eigenvalue weighted by atomic mass is 32.1. The molecule has 0 aliphatic rings. The van der Waals surface area contributed by atoms with E-state index in [0.29, 0.717) is 5.01 Å². The molecule has 2 rings (SSSR count). The molecule has 1 nitrogen and oxygen atoms in total. The van der Waals surface area contributed by atoms with E-state index in [1.165, 1.54) is 6.20 Å². The predicted octanol–water partition coefficient (Wildman–Crippen LogP) is 3.13. The van der Waals surface area contributed by atoms with Crippen LogP contribution in [0, 0.1) is 12.1 Å². The molecule has 0 aliphatic heterocycles. The second kappa shape index (κ2) is 3.26. The lowest BCUT2D eigenvalue weighted by atomic mass is 10.2. The summed E-state index contributed by atoms with van der Waals surface area (Å²) in [5.41, 5.74) is 1.88. The van der Waals surface area contributed by atoms with Crippen LogP contribution in [0.3, 0.4) is 0 Å². The molecule has 0 atom stereocenters. The summed E-state index contributed by atoms with van der Waals surface area (Å²) in [6, 6.07) is 7.55. The van der Waals surface area contributed by atoms with Crippen molar-refractivity contribution in [3.05, 3.63) is 48.1 Å². The molecule has 1 radical (unpaired) electrons. The number of nitrogens with zero attached hydrogens (tertiary/aromatic N) is 1. The maximum Gasteiger partial charge on any atom is 0.196 e. The Morgan fingerprint density at radius 1 is 1.23 bits per heavy atom. The number of hydrogen-bond acceptors (Lipinski definition) is 2. The third-order valence-corrected chi connectivity index (χ3v) is 2.51. The van der Waals surface area contributed by atoms with Crippen molar-refractivity contribution >= 4 is 11.3 Å². The van der Waals surface area contributed by atoms with Gasteiger partial charge in [0.05, 0.1) is 6.20 Å². The van der Waals surface area contributed by atoms with Crippen LogP contribution in [0.2, 0.25) is 0 Å². The normalized spacial score (nSPS) is 10.3. The van der Waals surface area contributed by atoms with Crippen LogP contribution in [0.1, 0.15) is 5.56 Å². The summed E-state index contributed by atoms with van der Waals surface area (Å²) in [5.74, 6) is 0. The Labute approximate surface area is 79.9 Å². The largest absolute Gasteiger partial charge is 0.241 e. The highest BCUT2D eigenvalue weighted by molar-refractivity contribution is 7.13. The summed E-state index contributed by atoms with van der Waals surface area (Å²) < 4.78 is 12.6. The van der Waals surface area contributed by atoms with Crippen molar-refractivity contribution in [2.75, 3.05) is 0 Å². The third-order valence-electron chi connectivity index (χ3n) is 1.68. The highest BCUT2D eigenvalue weighted by Gasteiger charge is 2.02. The molecular formula is C10H7FNS. The van der Waals surface area contributed by atoms with Gasteiger partial charge in [0.15, 0.2) is 5.13 Å². The minimum absolute atomic E-state index is 0.256. The molecular weight excluding hydrogens is 185 g/mol. The SMILES string of the molecule is [CH2]c1ccc(-c2ncc(F)s2)cc1. The Kier molecular flexibility index (Phi) is 2.10. The van der Waals surface area contributed by atoms with E-state index in [-0.39, 0.29) is 5.13 Å². The molecule has 0 amide bonds. The van der Waals surface area contributed by atoms with Gasteiger partial charge in [-0.15, -0.1) is 0 Å². The Morgan fingerprint density at radius 2 is 1.92 bits per heavy atom. The molecule has 1 aromatic heterocycles. The zero-order chi connectivity index (χ0) is 9.26. The first kappa shape index (κ1) is 8.38. The molecule has 3 heteroatoms. The number of aromatic nitrogens is 1. The van der Waals surface area contributed by atoms with E-state index >= 15 is 0 Å². The van der Waals surface area contributed by atoms with Crippen molar-refractivity contribution in [3.63, 3.8) is 0 Å². The van der Waals surface area contributed by atoms with Crippen molar-refractivity contribution in [2.45, 2.75) is 0 Å². The van der Waals surface area contributed by atoms with Crippen molar-refractivity contribution in [1.29, 1.82) is 0 Å². The Morgan fingerprint density at radius 3 is 2.46 bits per heavy atom. The topological polar surface area (TPSA) is 12.9 Å². The molecule has 0 aliphatic carbocycles. The average Bonchev–Trinajstić information content (AvgIpc) is 2.53. The van der Waals surface area contributed by atoms with Crippen molar-refractivity contribution < 1.29 is 4.39 Å². The number of hydrogen-bond donors (Lipinski definition) is 0. The summed E-state index contributed by atoms with van der Waals surface area (Å²) in [6.07, 6.45) is 1.23. The molecule has 0 saturated heterocycles.